The van der Waals surface area contributed by atoms with Crippen LogP contribution in [0.25, 0.3) is 50.6 Å². The Balaban J connectivity index is 1.22. The van der Waals surface area contributed by atoms with E-state index in [0.29, 0.717) is 23.0 Å². The third kappa shape index (κ3) is 5.50. The van der Waals surface area contributed by atoms with Gasteiger partial charge in [0.2, 0.25) is 5.88 Å². The van der Waals surface area contributed by atoms with E-state index in [1.807, 2.05) is 79.0 Å². The van der Waals surface area contributed by atoms with Gasteiger partial charge in [-0.1, -0.05) is 112 Å². The molecular formula is C48H36BN3O3. The van der Waals surface area contributed by atoms with Gasteiger partial charge in [0.05, 0.1) is 22.5 Å². The van der Waals surface area contributed by atoms with Crippen LogP contribution in [0.2, 0.25) is 0 Å². The van der Waals surface area contributed by atoms with Gasteiger partial charge >= 0.3 is 0 Å². The molecule has 0 saturated carbocycles. The van der Waals surface area contributed by atoms with Crippen molar-refractivity contribution >= 4 is 23.2 Å². The fraction of sp³-hybridized carbons (Fsp3) is 0.0833. The van der Waals surface area contributed by atoms with Crippen molar-refractivity contribution in [2.45, 2.75) is 26.2 Å². The number of rotatable bonds is 5. The Morgan fingerprint density at radius 2 is 1.33 bits per heavy atom. The number of para-hydroxylation sites is 1. The summed E-state index contributed by atoms with van der Waals surface area (Å²) >= 11 is 0. The Morgan fingerprint density at radius 3 is 2.09 bits per heavy atom. The number of phenols is 1. The first kappa shape index (κ1) is 32.8. The summed E-state index contributed by atoms with van der Waals surface area (Å²) in [6.07, 6.45) is 1.86. The van der Waals surface area contributed by atoms with E-state index in [-0.39, 0.29) is 17.9 Å². The number of fused-ring (bicyclic) bond motifs is 4. The second-order valence-electron chi connectivity index (χ2n) is 15.2. The number of benzene rings is 6. The fourth-order valence-corrected chi connectivity index (χ4v) is 7.90. The van der Waals surface area contributed by atoms with Crippen molar-refractivity contribution in [3.05, 3.63) is 163 Å². The number of aromatic nitrogens is 3. The standard InChI is InChI=1S/C48H36BN3O3/c1-48(2,3)34-22-23-39(36(29-34)31-15-8-5-9-16-31)52-46(35-17-10-11-18-40(35)53)51-45-47(52)55-43-20-12-19-42-44(43)49(45)37-27-33(21-24-41(37)54-42)38-28-32(25-26-50-38)30-13-6-4-7-14-30/h4-29,53H,1-3H3. The van der Waals surface area contributed by atoms with Crippen LogP contribution < -0.4 is 26.0 Å². The summed E-state index contributed by atoms with van der Waals surface area (Å²) in [5.41, 5.74) is 11.4. The zero-order valence-electron chi connectivity index (χ0n) is 30.7. The summed E-state index contributed by atoms with van der Waals surface area (Å²) < 4.78 is 15.6. The maximum Gasteiger partial charge on any atom is 0.286 e. The van der Waals surface area contributed by atoms with Crippen molar-refractivity contribution in [1.29, 1.82) is 0 Å². The summed E-state index contributed by atoms with van der Waals surface area (Å²) in [5.74, 6) is 3.50. The van der Waals surface area contributed by atoms with Crippen molar-refractivity contribution in [3.63, 3.8) is 0 Å². The quantitative estimate of drug-likeness (QED) is 0.180. The molecule has 6 aromatic carbocycles. The van der Waals surface area contributed by atoms with Gasteiger partial charge in [0, 0.05) is 17.2 Å². The molecule has 0 fully saturated rings. The van der Waals surface area contributed by atoms with Crippen molar-refractivity contribution in [1.82, 2.24) is 14.5 Å². The Morgan fingerprint density at radius 1 is 0.600 bits per heavy atom. The summed E-state index contributed by atoms with van der Waals surface area (Å²) in [6, 6.07) is 51.1. The van der Waals surface area contributed by atoms with Gasteiger partial charge in [-0.15, -0.1) is 0 Å². The lowest BCUT2D eigenvalue weighted by atomic mass is 9.36. The molecule has 10 rings (SSSR count). The van der Waals surface area contributed by atoms with E-state index in [1.165, 1.54) is 5.56 Å². The number of phenolic OH excluding ortho intramolecular Hbond substituents is 1. The van der Waals surface area contributed by atoms with Crippen LogP contribution >= 0.6 is 0 Å². The average Bonchev–Trinajstić information content (AvgIpc) is 3.59. The molecule has 2 aliphatic heterocycles. The largest absolute Gasteiger partial charge is 0.507 e. The first-order chi connectivity index (χ1) is 26.8. The molecule has 55 heavy (non-hydrogen) atoms. The second kappa shape index (κ2) is 12.6. The van der Waals surface area contributed by atoms with Crippen LogP contribution in [0.5, 0.6) is 28.9 Å². The molecule has 0 atom stereocenters. The van der Waals surface area contributed by atoms with Crippen molar-refractivity contribution in [3.8, 4) is 79.5 Å². The van der Waals surface area contributed by atoms with Crippen molar-refractivity contribution in [2.24, 2.45) is 0 Å². The molecule has 0 amide bonds. The number of imidazole rings is 1. The lowest BCUT2D eigenvalue weighted by Crippen LogP contribution is -2.58. The smallest absolute Gasteiger partial charge is 0.286 e. The third-order valence-electron chi connectivity index (χ3n) is 10.7. The molecule has 0 unspecified atom stereocenters. The van der Waals surface area contributed by atoms with Gasteiger partial charge in [-0.2, -0.15) is 0 Å². The van der Waals surface area contributed by atoms with E-state index in [0.717, 1.165) is 67.2 Å². The molecule has 4 heterocycles. The third-order valence-corrected chi connectivity index (χ3v) is 10.7. The molecule has 6 nitrogen and oxygen atoms in total. The number of pyridine rings is 1. The highest BCUT2D eigenvalue weighted by molar-refractivity contribution is 6.97. The molecule has 2 aromatic heterocycles. The van der Waals surface area contributed by atoms with Crippen LogP contribution in [-0.2, 0) is 5.41 Å². The maximum atomic E-state index is 11.4. The summed E-state index contributed by atoms with van der Waals surface area (Å²) in [7, 11) is 0. The highest BCUT2D eigenvalue weighted by Crippen LogP contribution is 2.42. The van der Waals surface area contributed by atoms with Gasteiger partial charge in [0.15, 0.2) is 5.82 Å². The summed E-state index contributed by atoms with van der Waals surface area (Å²) in [4.78, 5) is 10.3. The minimum atomic E-state index is -0.323. The van der Waals surface area contributed by atoms with E-state index in [4.69, 9.17) is 19.4 Å². The molecule has 0 saturated heterocycles. The predicted molar refractivity (Wildman–Crippen MR) is 221 cm³/mol. The van der Waals surface area contributed by atoms with Gasteiger partial charge in [0.25, 0.3) is 6.71 Å². The van der Waals surface area contributed by atoms with Gasteiger partial charge in [-0.25, -0.2) is 4.98 Å². The molecule has 1 N–H and O–H groups in total. The van der Waals surface area contributed by atoms with Crippen LogP contribution in [0.15, 0.2) is 158 Å². The van der Waals surface area contributed by atoms with E-state index in [2.05, 4.69) is 98.1 Å². The molecular weight excluding hydrogens is 677 g/mol. The minimum Gasteiger partial charge on any atom is -0.507 e. The van der Waals surface area contributed by atoms with Crippen molar-refractivity contribution < 1.29 is 14.6 Å². The number of ether oxygens (including phenoxy) is 2. The monoisotopic (exact) mass is 713 g/mol. The molecule has 264 valence electrons. The average molecular weight is 714 g/mol. The van der Waals surface area contributed by atoms with E-state index < -0.39 is 0 Å². The normalized spacial score (nSPS) is 12.6. The number of nitrogens with zero attached hydrogens (tertiary/aromatic N) is 3. The van der Waals surface area contributed by atoms with Gasteiger partial charge in [0.1, 0.15) is 23.0 Å². The second-order valence-corrected chi connectivity index (χ2v) is 15.2. The minimum absolute atomic E-state index is 0.0816. The Hall–Kier alpha value is -6.86. The van der Waals surface area contributed by atoms with E-state index in [9.17, 15) is 5.11 Å². The van der Waals surface area contributed by atoms with Crippen LogP contribution in [0.4, 0.5) is 0 Å². The zero-order chi connectivity index (χ0) is 37.3. The predicted octanol–water partition coefficient (Wildman–Crippen LogP) is 9.67. The Kier molecular flexibility index (Phi) is 7.53. The molecule has 0 aliphatic carbocycles. The zero-order valence-corrected chi connectivity index (χ0v) is 30.7. The fourth-order valence-electron chi connectivity index (χ4n) is 7.90. The topological polar surface area (TPSA) is 69.4 Å². The first-order valence-corrected chi connectivity index (χ1v) is 18.6. The molecule has 2 aliphatic rings. The van der Waals surface area contributed by atoms with Gasteiger partial charge < -0.3 is 14.6 Å². The van der Waals surface area contributed by atoms with Crippen LogP contribution in [0.3, 0.4) is 0 Å². The Bertz CT molecular complexity index is 2770. The molecule has 0 radical (unpaired) electrons. The molecule has 0 bridgehead atoms. The lowest BCUT2D eigenvalue weighted by molar-refractivity contribution is 0.446. The highest BCUT2D eigenvalue weighted by atomic mass is 16.5. The van der Waals surface area contributed by atoms with Gasteiger partial charge in [-0.05, 0) is 99.4 Å². The molecule has 8 aromatic rings. The molecule has 0 spiro atoms. The van der Waals surface area contributed by atoms with E-state index in [1.54, 1.807) is 6.07 Å². The van der Waals surface area contributed by atoms with Crippen molar-refractivity contribution in [2.75, 3.05) is 0 Å². The first-order valence-electron chi connectivity index (χ1n) is 18.6. The number of hydrogen-bond acceptors (Lipinski definition) is 5. The number of hydrogen-bond donors (Lipinski definition) is 1. The van der Waals surface area contributed by atoms with Crippen LogP contribution in [0.1, 0.15) is 26.3 Å². The molecule has 7 heteroatoms. The summed E-state index contributed by atoms with van der Waals surface area (Å²) in [6.45, 7) is 6.36. The van der Waals surface area contributed by atoms with Crippen LogP contribution in [-0.4, -0.2) is 26.4 Å². The highest BCUT2D eigenvalue weighted by Gasteiger charge is 2.44. The lowest BCUT2D eigenvalue weighted by Gasteiger charge is -2.31. The number of aromatic hydroxyl groups is 1. The van der Waals surface area contributed by atoms with E-state index >= 15 is 0 Å². The Labute approximate surface area is 320 Å². The summed E-state index contributed by atoms with van der Waals surface area (Å²) in [5, 5.41) is 11.4. The maximum absolute atomic E-state index is 11.4. The van der Waals surface area contributed by atoms with Gasteiger partial charge in [-0.3, -0.25) is 9.55 Å². The van der Waals surface area contributed by atoms with Crippen LogP contribution in [0, 0.1) is 0 Å². The SMILES string of the molecule is CC(C)(C)c1ccc(-n2c(-c3ccccc3O)nc3c2Oc2cccc4c2B3c2cc(-c3cc(-c5ccccc5)ccn3)ccc2O4)c(-c2ccccc2)c1.